The summed E-state index contributed by atoms with van der Waals surface area (Å²) in [4.78, 5) is 36.0. The molecule has 3 N–H and O–H groups in total. The molecule has 184 valence electrons. The van der Waals surface area contributed by atoms with Gasteiger partial charge in [-0.15, -0.1) is 0 Å². The number of amides is 1. The number of ether oxygens (including phenoxy) is 2. The van der Waals surface area contributed by atoms with E-state index >= 15 is 0 Å². The summed E-state index contributed by atoms with van der Waals surface area (Å²) in [7, 11) is 2.42. The predicted octanol–water partition coefficient (Wildman–Crippen LogP) is 2.54. The Bertz CT molecular complexity index is 949. The summed E-state index contributed by atoms with van der Waals surface area (Å²) in [6, 6.07) is 4.68. The number of aldehydes is 1. The van der Waals surface area contributed by atoms with Crippen molar-refractivity contribution in [2.24, 2.45) is 23.7 Å². The molecule has 9 nitrogen and oxygen atoms in total. The number of nitriles is 1. The first-order valence-corrected chi connectivity index (χ1v) is 11.7. The number of benzene rings is 1. The van der Waals surface area contributed by atoms with E-state index < -0.39 is 23.8 Å². The van der Waals surface area contributed by atoms with Gasteiger partial charge in [0.2, 0.25) is 0 Å². The molecule has 1 aromatic carbocycles. The van der Waals surface area contributed by atoms with Crippen LogP contribution in [0, 0.1) is 35.0 Å². The number of nitrogens with one attached hydrogen (secondary N) is 1. The highest BCUT2D eigenvalue weighted by atomic mass is 16.5. The third-order valence-corrected chi connectivity index (χ3v) is 7.37. The van der Waals surface area contributed by atoms with Gasteiger partial charge in [0.15, 0.2) is 0 Å². The number of carboxylic acid groups (broad SMARTS) is 1. The molecule has 4 rings (SSSR count). The van der Waals surface area contributed by atoms with Gasteiger partial charge >= 0.3 is 5.97 Å². The first-order chi connectivity index (χ1) is 16.4. The molecule has 0 aromatic heterocycles. The highest BCUT2D eigenvalue weighted by molar-refractivity contribution is 5.98. The molecule has 1 amide bonds. The highest BCUT2D eigenvalue weighted by Crippen LogP contribution is 2.48. The molecule has 0 spiro atoms. The van der Waals surface area contributed by atoms with Gasteiger partial charge in [-0.05, 0) is 62.8 Å². The van der Waals surface area contributed by atoms with E-state index in [1.807, 2.05) is 0 Å². The van der Waals surface area contributed by atoms with Gasteiger partial charge in [0.25, 0.3) is 5.91 Å². The normalized spacial score (nSPS) is 29.2. The van der Waals surface area contributed by atoms with Gasteiger partial charge in [-0.3, -0.25) is 9.59 Å². The van der Waals surface area contributed by atoms with Crippen LogP contribution in [0.3, 0.4) is 0 Å². The van der Waals surface area contributed by atoms with Crippen molar-refractivity contribution in [3.63, 3.8) is 0 Å². The van der Waals surface area contributed by atoms with Crippen LogP contribution < -0.4 is 14.8 Å². The number of hydrogen-bond acceptors (Lipinski definition) is 7. The number of methoxy groups -OCH3 is 1. The Morgan fingerprint density at radius 2 is 1.76 bits per heavy atom. The fraction of sp³-hybridized carbons (Fsp3) is 0.600. The van der Waals surface area contributed by atoms with Gasteiger partial charge in [0, 0.05) is 25.1 Å². The number of nitrogens with zero attached hydrogens (tertiary/aromatic N) is 1. The molecule has 3 saturated carbocycles. The SMILES string of the molecule is CO.COc1cc(C#N)c(OC2CCC(C=O)CC2)cc1C(=O)NC1C2CCC(C2)C1C(=O)O. The molecule has 1 aromatic rings. The third kappa shape index (κ3) is 5.17. The van der Waals surface area contributed by atoms with Crippen LogP contribution in [0.2, 0.25) is 0 Å². The molecule has 9 heteroatoms. The van der Waals surface area contributed by atoms with Gasteiger partial charge < -0.3 is 29.8 Å². The Kier molecular flexibility index (Phi) is 8.51. The second-order valence-electron chi connectivity index (χ2n) is 9.15. The zero-order valence-corrected chi connectivity index (χ0v) is 19.5. The van der Waals surface area contributed by atoms with Gasteiger partial charge in [0.1, 0.15) is 23.9 Å². The standard InChI is InChI=1S/C24H28N2O6.CH4O/c1-31-20-9-16(11-25)19(32-17-6-2-13(12-27)3-7-17)10-18(20)23(28)26-22-15-5-4-14(8-15)21(22)24(29)30;1-2/h9-10,12-15,17,21-22H,2-8H2,1H3,(H,26,28)(H,29,30);2H,1H3. The van der Waals surface area contributed by atoms with Crippen molar-refractivity contribution in [2.45, 2.75) is 57.1 Å². The van der Waals surface area contributed by atoms with Crippen molar-refractivity contribution >= 4 is 18.2 Å². The van der Waals surface area contributed by atoms with Crippen molar-refractivity contribution in [3.8, 4) is 17.6 Å². The predicted molar refractivity (Wildman–Crippen MR) is 122 cm³/mol. The molecule has 3 aliphatic rings. The molecule has 4 atom stereocenters. The topological polar surface area (TPSA) is 146 Å². The number of hydrogen-bond donors (Lipinski definition) is 3. The minimum absolute atomic E-state index is 0.0476. The smallest absolute Gasteiger partial charge is 0.308 e. The number of fused-ring (bicyclic) bond motifs is 2. The zero-order chi connectivity index (χ0) is 24.8. The lowest BCUT2D eigenvalue weighted by molar-refractivity contribution is -0.144. The lowest BCUT2D eigenvalue weighted by Crippen LogP contribution is -2.46. The summed E-state index contributed by atoms with van der Waals surface area (Å²) in [5.74, 6) is -1.02. The van der Waals surface area contributed by atoms with Crippen LogP contribution in [0.25, 0.3) is 0 Å². The summed E-state index contributed by atoms with van der Waals surface area (Å²) in [6.07, 6.45) is 6.35. The van der Waals surface area contributed by atoms with Crippen molar-refractivity contribution in [2.75, 3.05) is 14.2 Å². The quantitative estimate of drug-likeness (QED) is 0.513. The van der Waals surface area contributed by atoms with Crippen LogP contribution in [-0.2, 0) is 9.59 Å². The maximum absolute atomic E-state index is 13.2. The third-order valence-electron chi connectivity index (χ3n) is 7.37. The van der Waals surface area contributed by atoms with Gasteiger partial charge in [-0.1, -0.05) is 0 Å². The van der Waals surface area contributed by atoms with Crippen molar-refractivity contribution in [1.29, 1.82) is 5.26 Å². The van der Waals surface area contributed by atoms with E-state index in [1.165, 1.54) is 19.2 Å². The van der Waals surface area contributed by atoms with Crippen LogP contribution >= 0.6 is 0 Å². The highest BCUT2D eigenvalue weighted by Gasteiger charge is 2.51. The first-order valence-electron chi connectivity index (χ1n) is 11.7. The number of aliphatic hydroxyl groups excluding tert-OH is 1. The van der Waals surface area contributed by atoms with E-state index in [0.717, 1.165) is 45.5 Å². The molecule has 0 saturated heterocycles. The number of aliphatic hydroxyl groups is 1. The number of rotatable bonds is 7. The molecule has 34 heavy (non-hydrogen) atoms. The van der Waals surface area contributed by atoms with E-state index in [1.54, 1.807) is 0 Å². The molecule has 3 fully saturated rings. The fourth-order valence-electron chi connectivity index (χ4n) is 5.70. The van der Waals surface area contributed by atoms with Gasteiger partial charge in [-0.25, -0.2) is 0 Å². The lowest BCUT2D eigenvalue weighted by atomic mass is 9.84. The van der Waals surface area contributed by atoms with E-state index in [2.05, 4.69) is 11.4 Å². The Balaban J connectivity index is 0.00000158. The average Bonchev–Trinajstić information content (AvgIpc) is 3.47. The van der Waals surface area contributed by atoms with Crippen LogP contribution in [0.15, 0.2) is 12.1 Å². The molecule has 3 aliphatic carbocycles. The minimum atomic E-state index is -0.871. The molecule has 0 heterocycles. The van der Waals surface area contributed by atoms with Crippen molar-refractivity contribution < 1.29 is 34.1 Å². The van der Waals surface area contributed by atoms with Crippen LogP contribution in [0.5, 0.6) is 11.5 Å². The van der Waals surface area contributed by atoms with Gasteiger partial charge in [0.05, 0.1) is 30.3 Å². The largest absolute Gasteiger partial charge is 0.496 e. The second-order valence-corrected chi connectivity index (χ2v) is 9.15. The van der Waals surface area contributed by atoms with E-state index in [9.17, 15) is 24.8 Å². The monoisotopic (exact) mass is 472 g/mol. The maximum atomic E-state index is 13.2. The summed E-state index contributed by atoms with van der Waals surface area (Å²) >= 11 is 0. The second kappa shape index (κ2) is 11.3. The summed E-state index contributed by atoms with van der Waals surface area (Å²) in [5.41, 5.74) is 0.481. The average molecular weight is 473 g/mol. The molecular formula is C25H32N2O7. The van der Waals surface area contributed by atoms with Crippen LogP contribution in [0.4, 0.5) is 0 Å². The summed E-state index contributed by atoms with van der Waals surface area (Å²) in [5, 5.41) is 29.2. The van der Waals surface area contributed by atoms with Crippen molar-refractivity contribution in [1.82, 2.24) is 5.32 Å². The zero-order valence-electron chi connectivity index (χ0n) is 19.5. The number of carboxylic acids is 1. The van der Waals surface area contributed by atoms with Crippen LogP contribution in [-0.4, -0.2) is 54.7 Å². The maximum Gasteiger partial charge on any atom is 0.308 e. The molecule has 0 aliphatic heterocycles. The summed E-state index contributed by atoms with van der Waals surface area (Å²) < 4.78 is 11.4. The number of carbonyl (C=O) groups is 3. The number of aliphatic carboxylic acids is 1. The Morgan fingerprint density at radius 1 is 1.09 bits per heavy atom. The molecule has 4 unspecified atom stereocenters. The Hall–Kier alpha value is -3.12. The van der Waals surface area contributed by atoms with E-state index in [-0.39, 0.29) is 40.7 Å². The van der Waals surface area contributed by atoms with E-state index in [0.29, 0.717) is 18.6 Å². The lowest BCUT2D eigenvalue weighted by Gasteiger charge is -2.29. The van der Waals surface area contributed by atoms with Crippen molar-refractivity contribution in [3.05, 3.63) is 23.3 Å². The van der Waals surface area contributed by atoms with Gasteiger partial charge in [-0.2, -0.15) is 5.26 Å². The minimum Gasteiger partial charge on any atom is -0.496 e. The summed E-state index contributed by atoms with van der Waals surface area (Å²) in [6.45, 7) is 0. The van der Waals surface area contributed by atoms with E-state index in [4.69, 9.17) is 14.6 Å². The molecular weight excluding hydrogens is 440 g/mol. The number of carbonyl (C=O) groups excluding carboxylic acids is 2. The Labute approximate surface area is 199 Å². The Morgan fingerprint density at radius 3 is 2.35 bits per heavy atom. The first kappa shape index (κ1) is 25.5. The van der Waals surface area contributed by atoms with Crippen LogP contribution in [0.1, 0.15) is 60.9 Å². The fourth-order valence-corrected chi connectivity index (χ4v) is 5.70. The molecule has 0 radical (unpaired) electrons. The molecule has 2 bridgehead atoms.